The molecule has 2 aliphatic rings. The highest BCUT2D eigenvalue weighted by Crippen LogP contribution is 2.39. The normalized spacial score (nSPS) is 20.3. The van der Waals surface area contributed by atoms with Gasteiger partial charge in [0.1, 0.15) is 17.1 Å². The number of hydrogen-bond donors (Lipinski definition) is 6. The number of halogens is 1. The van der Waals surface area contributed by atoms with E-state index < -0.39 is 18.1 Å². The first-order valence-electron chi connectivity index (χ1n) is 19.0. The maximum Gasteiger partial charge on any atom is 0.245 e. The molecular weight excluding hydrogens is 736 g/mol. The van der Waals surface area contributed by atoms with Gasteiger partial charge >= 0.3 is 0 Å². The van der Waals surface area contributed by atoms with Crippen LogP contribution in [0.5, 0.6) is 0 Å². The number of carbonyl (C=O) groups is 3. The van der Waals surface area contributed by atoms with Gasteiger partial charge in [-0.2, -0.15) is 0 Å². The highest BCUT2D eigenvalue weighted by atomic mass is 35.5. The van der Waals surface area contributed by atoms with Crippen LogP contribution in [-0.2, 0) is 38.6 Å². The minimum atomic E-state index is -0.905. The molecule has 3 amide bonds. The average Bonchev–Trinajstić information content (AvgIpc) is 3.62. The third-order valence-electron chi connectivity index (χ3n) is 10.3. The third kappa shape index (κ3) is 10.1. The van der Waals surface area contributed by atoms with E-state index in [1.54, 1.807) is 13.2 Å². The molecule has 0 spiro atoms. The summed E-state index contributed by atoms with van der Waals surface area (Å²) in [6, 6.07) is 13.3. The van der Waals surface area contributed by atoms with Crippen molar-refractivity contribution in [1.29, 1.82) is 0 Å². The first kappa shape index (κ1) is 40.4. The molecule has 0 fully saturated rings. The number of likely N-dealkylation sites (N-methyl/N-ethyl adjacent to an activating group) is 1. The monoisotopic (exact) mass is 786 g/mol. The van der Waals surface area contributed by atoms with Crippen molar-refractivity contribution < 1.29 is 19.1 Å². The molecule has 4 aromatic rings. The number of benzene rings is 2. The van der Waals surface area contributed by atoms with Crippen molar-refractivity contribution in [3.05, 3.63) is 94.3 Å². The fourth-order valence-electron chi connectivity index (χ4n) is 7.14. The molecule has 2 aliphatic heterocycles. The van der Waals surface area contributed by atoms with Gasteiger partial charge in [-0.3, -0.25) is 14.4 Å². The van der Waals surface area contributed by atoms with Crippen LogP contribution in [0, 0.1) is 0 Å². The largest absolute Gasteiger partial charge is 0.377 e. The highest BCUT2D eigenvalue weighted by Gasteiger charge is 2.34. The zero-order valence-corrected chi connectivity index (χ0v) is 32.8. The van der Waals surface area contributed by atoms with Crippen molar-refractivity contribution in [3.8, 4) is 0 Å². The van der Waals surface area contributed by atoms with E-state index >= 15 is 0 Å². The SMILES string of the molecule is CN1C(=O)[C@H](CCCCN)NC(=O)[C@H](CCCN)NCc2cccnc2Sc2c(Cl)cc(C3=CCOCC3)cc2CNC(=O)[C@@H]1Cc1c[nH]c2ccccc12. The van der Waals surface area contributed by atoms with Crippen molar-refractivity contribution in [2.24, 2.45) is 11.5 Å². The van der Waals surface area contributed by atoms with Gasteiger partial charge in [-0.25, -0.2) is 4.98 Å². The molecule has 4 heterocycles. The molecule has 14 heteroatoms. The lowest BCUT2D eigenvalue weighted by molar-refractivity contribution is -0.142. The summed E-state index contributed by atoms with van der Waals surface area (Å²) in [4.78, 5) is 53.4. The Morgan fingerprint density at radius 2 is 1.78 bits per heavy atom. The molecule has 0 saturated carbocycles. The Hall–Kier alpha value is -4.24. The van der Waals surface area contributed by atoms with E-state index in [4.69, 9.17) is 32.8 Å². The van der Waals surface area contributed by atoms with Crippen LogP contribution in [0.1, 0.15) is 60.8 Å². The lowest BCUT2D eigenvalue weighted by Crippen LogP contribution is -2.57. The molecule has 0 radical (unpaired) electrons. The zero-order chi connectivity index (χ0) is 38.7. The van der Waals surface area contributed by atoms with Crippen molar-refractivity contribution in [3.63, 3.8) is 0 Å². The Kier molecular flexibility index (Phi) is 14.4. The molecule has 0 unspecified atom stereocenters. The summed E-state index contributed by atoms with van der Waals surface area (Å²) >= 11 is 8.54. The first-order chi connectivity index (χ1) is 26.8. The molecule has 55 heavy (non-hydrogen) atoms. The van der Waals surface area contributed by atoms with Crippen LogP contribution in [0.15, 0.2) is 76.9 Å². The number of H-pyrrole nitrogens is 1. The number of amides is 3. The summed E-state index contributed by atoms with van der Waals surface area (Å²) in [6.45, 7) is 2.50. The summed E-state index contributed by atoms with van der Waals surface area (Å²) in [6.07, 6.45) is 9.42. The summed E-state index contributed by atoms with van der Waals surface area (Å²) in [5, 5.41) is 11.9. The zero-order valence-electron chi connectivity index (χ0n) is 31.2. The van der Waals surface area contributed by atoms with Gasteiger partial charge in [-0.1, -0.05) is 53.7 Å². The van der Waals surface area contributed by atoms with Crippen LogP contribution < -0.4 is 27.4 Å². The molecule has 8 N–H and O–H groups in total. The van der Waals surface area contributed by atoms with Crippen molar-refractivity contribution in [2.75, 3.05) is 33.4 Å². The second-order valence-corrected chi connectivity index (χ2v) is 15.4. The molecule has 12 nitrogen and oxygen atoms in total. The fourth-order valence-corrected chi connectivity index (χ4v) is 8.49. The molecule has 0 aliphatic carbocycles. The van der Waals surface area contributed by atoms with Crippen molar-refractivity contribution in [1.82, 2.24) is 30.8 Å². The van der Waals surface area contributed by atoms with Crippen LogP contribution in [0.25, 0.3) is 16.5 Å². The second kappa shape index (κ2) is 19.6. The van der Waals surface area contributed by atoms with Gasteiger partial charge < -0.3 is 42.0 Å². The van der Waals surface area contributed by atoms with Gasteiger partial charge in [0.15, 0.2) is 0 Å². The van der Waals surface area contributed by atoms with Gasteiger partial charge in [0.25, 0.3) is 0 Å². The van der Waals surface area contributed by atoms with Crippen LogP contribution in [-0.4, -0.2) is 84.1 Å². The number of unbranched alkanes of at least 4 members (excludes halogenated alkanes) is 1. The van der Waals surface area contributed by atoms with E-state index in [-0.39, 0.29) is 30.7 Å². The van der Waals surface area contributed by atoms with E-state index in [0.717, 1.165) is 55.1 Å². The molecule has 2 aromatic carbocycles. The van der Waals surface area contributed by atoms with E-state index in [2.05, 4.69) is 33.1 Å². The van der Waals surface area contributed by atoms with Crippen LogP contribution >= 0.6 is 23.4 Å². The quantitative estimate of drug-likeness (QED) is 0.125. The van der Waals surface area contributed by atoms with E-state index in [1.165, 1.54) is 16.7 Å². The van der Waals surface area contributed by atoms with Gasteiger partial charge in [0, 0.05) is 54.8 Å². The van der Waals surface area contributed by atoms with Crippen LogP contribution in [0.3, 0.4) is 0 Å². The van der Waals surface area contributed by atoms with Crippen LogP contribution in [0.4, 0.5) is 0 Å². The number of nitrogens with zero attached hydrogens (tertiary/aromatic N) is 2. The van der Waals surface area contributed by atoms with Gasteiger partial charge in [0.2, 0.25) is 17.7 Å². The highest BCUT2D eigenvalue weighted by molar-refractivity contribution is 7.99. The standard InChI is InChI=1S/C41H51ClN8O4S/c1-50-36(22-29-24-46-33-10-3-2-9-31(29)33)39(52)48-25-30-20-28(26-13-18-54-19-14-26)21-32(42)37(30)55-40-27(8-7-17-45-40)23-47-34(12-6-16-44)38(51)49-35(41(50)53)11-4-5-15-43/h2-3,7-10,13,17,20-21,24,34-36,46-47H,4-6,11-12,14-16,18-19,22-23,25,43-44H2,1H3,(H,48,52)(H,49,51)/t34-,35-,36-/m0/s1. The summed E-state index contributed by atoms with van der Waals surface area (Å²) in [5.41, 5.74) is 17.3. The number of pyridine rings is 1. The molecule has 0 saturated heterocycles. The minimum absolute atomic E-state index is 0.156. The minimum Gasteiger partial charge on any atom is -0.377 e. The summed E-state index contributed by atoms with van der Waals surface area (Å²) in [7, 11) is 1.64. The first-order valence-corrected chi connectivity index (χ1v) is 20.2. The van der Waals surface area contributed by atoms with E-state index in [0.29, 0.717) is 70.0 Å². The number of ether oxygens (including phenoxy) is 1. The lowest BCUT2D eigenvalue weighted by atomic mass is 9.99. The number of para-hydroxylation sites is 1. The summed E-state index contributed by atoms with van der Waals surface area (Å²) < 4.78 is 5.57. The number of hydrogen-bond acceptors (Lipinski definition) is 9. The number of aromatic nitrogens is 2. The number of aromatic amines is 1. The Balaban J connectivity index is 1.43. The maximum atomic E-state index is 14.5. The maximum absolute atomic E-state index is 14.5. The predicted octanol–water partition coefficient (Wildman–Crippen LogP) is 4.68. The molecule has 2 aromatic heterocycles. The molecule has 6 rings (SSSR count). The topological polar surface area (TPSA) is 180 Å². The van der Waals surface area contributed by atoms with Crippen LogP contribution in [0.2, 0.25) is 5.02 Å². The Labute approximate surface area is 331 Å². The lowest BCUT2D eigenvalue weighted by Gasteiger charge is -2.32. The summed E-state index contributed by atoms with van der Waals surface area (Å²) in [5.74, 6) is -0.993. The molecule has 292 valence electrons. The number of rotatable bonds is 10. The van der Waals surface area contributed by atoms with E-state index in [1.807, 2.05) is 48.7 Å². The van der Waals surface area contributed by atoms with Crippen molar-refractivity contribution >= 4 is 57.6 Å². The smallest absolute Gasteiger partial charge is 0.245 e. The number of nitrogens with one attached hydrogen (secondary N) is 4. The van der Waals surface area contributed by atoms with Gasteiger partial charge in [-0.15, -0.1) is 0 Å². The predicted molar refractivity (Wildman–Crippen MR) is 217 cm³/mol. The second-order valence-electron chi connectivity index (χ2n) is 14.0. The average molecular weight is 787 g/mol. The van der Waals surface area contributed by atoms with Gasteiger partial charge in [-0.05, 0) is 104 Å². The number of fused-ring (bicyclic) bond motifs is 3. The Bertz CT molecular complexity index is 2000. The third-order valence-corrected chi connectivity index (χ3v) is 11.9. The Morgan fingerprint density at radius 3 is 2.58 bits per heavy atom. The Morgan fingerprint density at radius 1 is 0.964 bits per heavy atom. The van der Waals surface area contributed by atoms with E-state index in [9.17, 15) is 14.4 Å². The number of carbonyl (C=O) groups excluding carboxylic acids is 3. The molecule has 0 bridgehead atoms. The number of nitrogens with two attached hydrogens (primary N) is 2. The molecule has 3 atom stereocenters. The van der Waals surface area contributed by atoms with Crippen molar-refractivity contribution in [2.45, 2.75) is 86.1 Å². The fraction of sp³-hybridized carbons (Fsp3) is 0.415. The molecular formula is C41H51ClN8O4S. The van der Waals surface area contributed by atoms with Gasteiger partial charge in [0.05, 0.1) is 24.3 Å².